The molecule has 1 aliphatic heterocycles. The van der Waals surface area contributed by atoms with Gasteiger partial charge in [-0.1, -0.05) is 65.0 Å². The van der Waals surface area contributed by atoms with E-state index in [1.165, 1.54) is 0 Å². The first-order chi connectivity index (χ1) is 15.4. The van der Waals surface area contributed by atoms with Crippen molar-refractivity contribution in [3.05, 3.63) is 47.0 Å². The molecule has 1 unspecified atom stereocenters. The molecule has 33 heavy (non-hydrogen) atoms. The number of hydrogen-bond donors (Lipinski definition) is 2. The fourth-order valence-electron chi connectivity index (χ4n) is 4.08. The number of carbonyl (C=O) groups excluding carboxylic acids is 3. The number of amides is 2. The number of rotatable bonds is 8. The maximum Gasteiger partial charge on any atom is 0.333 e. The van der Waals surface area contributed by atoms with Crippen LogP contribution in [-0.4, -0.2) is 48.4 Å². The van der Waals surface area contributed by atoms with E-state index in [-0.39, 0.29) is 23.8 Å². The summed E-state index contributed by atoms with van der Waals surface area (Å²) in [6.07, 6.45) is 1.77. The molecule has 1 aliphatic rings. The zero-order chi connectivity index (χ0) is 24.9. The average molecular weight is 458 g/mol. The molecule has 2 amide bonds. The Bertz CT molecular complexity index is 901. The van der Waals surface area contributed by atoms with E-state index in [1.807, 2.05) is 58.9 Å². The Morgan fingerprint density at radius 3 is 2.45 bits per heavy atom. The second kappa shape index (κ2) is 11.0. The summed E-state index contributed by atoms with van der Waals surface area (Å²) in [5.41, 5.74) is 1.98. The molecule has 182 valence electrons. The number of nitrogens with zero attached hydrogens (tertiary/aromatic N) is 1. The highest BCUT2D eigenvalue weighted by atomic mass is 16.5. The lowest BCUT2D eigenvalue weighted by Crippen LogP contribution is -2.57. The first-order valence-electron chi connectivity index (χ1n) is 11.6. The number of nitrogens with one attached hydrogen (secondary N) is 2. The predicted molar refractivity (Wildman–Crippen MR) is 129 cm³/mol. The number of fused-ring (bicyclic) bond motifs is 1. The number of benzene rings is 1. The Morgan fingerprint density at radius 2 is 1.88 bits per heavy atom. The molecule has 0 fully saturated rings. The molecule has 1 aromatic carbocycles. The third-order valence-electron chi connectivity index (χ3n) is 6.02. The minimum absolute atomic E-state index is 0.0584. The Labute approximate surface area is 197 Å². The van der Waals surface area contributed by atoms with Crippen molar-refractivity contribution in [1.29, 1.82) is 0 Å². The monoisotopic (exact) mass is 457 g/mol. The number of hydrogen-bond acceptors (Lipinski definition) is 5. The van der Waals surface area contributed by atoms with Gasteiger partial charge in [-0.2, -0.15) is 0 Å². The highest BCUT2D eigenvalue weighted by Crippen LogP contribution is 2.28. The molecule has 2 N–H and O–H groups in total. The minimum atomic E-state index is -0.734. The van der Waals surface area contributed by atoms with Crippen LogP contribution in [0.1, 0.15) is 65.6 Å². The summed E-state index contributed by atoms with van der Waals surface area (Å²) in [7, 11) is 1.72. The van der Waals surface area contributed by atoms with E-state index in [9.17, 15) is 14.4 Å². The summed E-state index contributed by atoms with van der Waals surface area (Å²) in [4.78, 5) is 40.6. The Balaban J connectivity index is 2.26. The second-order valence-electron chi connectivity index (χ2n) is 10.1. The first kappa shape index (κ1) is 26.6. The van der Waals surface area contributed by atoms with E-state index >= 15 is 0 Å². The van der Waals surface area contributed by atoms with Crippen molar-refractivity contribution in [2.24, 2.45) is 11.3 Å². The molecule has 0 bridgehead atoms. The third kappa shape index (κ3) is 6.44. The fraction of sp³-hybridized carbons (Fsp3) is 0.577. The summed E-state index contributed by atoms with van der Waals surface area (Å²) in [5, 5.41) is 6.25. The number of esters is 1. The van der Waals surface area contributed by atoms with Gasteiger partial charge in [-0.15, -0.1) is 0 Å². The maximum atomic E-state index is 13.7. The summed E-state index contributed by atoms with van der Waals surface area (Å²) >= 11 is 0. The lowest BCUT2D eigenvalue weighted by molar-refractivity contribution is -0.141. The van der Waals surface area contributed by atoms with Crippen LogP contribution in [0.5, 0.6) is 0 Å². The molecular weight excluding hydrogens is 418 g/mol. The summed E-state index contributed by atoms with van der Waals surface area (Å²) in [6, 6.07) is 6.26. The highest BCUT2D eigenvalue weighted by Gasteiger charge is 2.39. The van der Waals surface area contributed by atoms with Gasteiger partial charge in [0.05, 0.1) is 12.6 Å². The van der Waals surface area contributed by atoms with Gasteiger partial charge in [0.15, 0.2) is 0 Å². The molecule has 2 rings (SSSR count). The maximum absolute atomic E-state index is 13.7. The van der Waals surface area contributed by atoms with Crippen LogP contribution in [0.4, 0.5) is 0 Å². The van der Waals surface area contributed by atoms with Gasteiger partial charge < -0.3 is 15.0 Å². The lowest BCUT2D eigenvalue weighted by Gasteiger charge is -2.38. The normalized spacial score (nSPS) is 17.8. The van der Waals surface area contributed by atoms with Crippen molar-refractivity contribution < 1.29 is 19.1 Å². The van der Waals surface area contributed by atoms with E-state index in [0.717, 1.165) is 11.1 Å². The summed E-state index contributed by atoms with van der Waals surface area (Å²) in [5.74, 6) is -0.756. The predicted octanol–water partition coefficient (Wildman–Crippen LogP) is 3.35. The largest absolute Gasteiger partial charge is 0.463 e. The van der Waals surface area contributed by atoms with Crippen LogP contribution < -0.4 is 10.6 Å². The zero-order valence-electron chi connectivity index (χ0n) is 21.2. The van der Waals surface area contributed by atoms with E-state index in [1.54, 1.807) is 31.9 Å². The van der Waals surface area contributed by atoms with Crippen LogP contribution in [0.3, 0.4) is 0 Å². The van der Waals surface area contributed by atoms with Crippen LogP contribution >= 0.6 is 0 Å². The molecule has 0 saturated carbocycles. The Morgan fingerprint density at radius 1 is 1.24 bits per heavy atom. The number of carbonyl (C=O) groups is 3. The van der Waals surface area contributed by atoms with Crippen molar-refractivity contribution in [2.75, 3.05) is 13.7 Å². The minimum Gasteiger partial charge on any atom is -0.463 e. The van der Waals surface area contributed by atoms with Crippen molar-refractivity contribution in [1.82, 2.24) is 15.5 Å². The van der Waals surface area contributed by atoms with Gasteiger partial charge in [-0.25, -0.2) is 4.79 Å². The topological polar surface area (TPSA) is 87.7 Å². The smallest absolute Gasteiger partial charge is 0.333 e. The van der Waals surface area contributed by atoms with Crippen LogP contribution in [0.25, 0.3) is 0 Å². The molecule has 0 radical (unpaired) electrons. The van der Waals surface area contributed by atoms with Crippen molar-refractivity contribution in [3.8, 4) is 0 Å². The van der Waals surface area contributed by atoms with E-state index in [0.29, 0.717) is 18.7 Å². The van der Waals surface area contributed by atoms with Crippen LogP contribution in [0.2, 0.25) is 0 Å². The van der Waals surface area contributed by atoms with E-state index in [4.69, 9.17) is 4.74 Å². The van der Waals surface area contributed by atoms with Gasteiger partial charge >= 0.3 is 5.97 Å². The molecule has 3 atom stereocenters. The standard InChI is InChI=1S/C26H39N3O4/c1-9-33-25(32)17(4)14-20(16(2)3)29(8)24(31)22(26(5,6)7)28-23(30)21-19-13-11-10-12-18(19)15-27-21/h10-14,16,20-22,27H,9,15H2,1-8H3,(H,28,30)/b17-14+/t20-,21?,22-/m1/s1. The van der Waals surface area contributed by atoms with E-state index in [2.05, 4.69) is 10.6 Å². The van der Waals surface area contributed by atoms with Crippen molar-refractivity contribution >= 4 is 17.8 Å². The summed E-state index contributed by atoms with van der Waals surface area (Å²) in [6.45, 7) is 14.2. The SMILES string of the molecule is CCOC(=O)/C(C)=C/[C@H](C(C)C)N(C)C(=O)[C@@H](NC(=O)C1NCc2ccccc21)C(C)(C)C. The second-order valence-corrected chi connectivity index (χ2v) is 10.1. The van der Waals surface area contributed by atoms with Crippen LogP contribution in [0, 0.1) is 11.3 Å². The van der Waals surface area contributed by atoms with Gasteiger partial charge in [0.25, 0.3) is 0 Å². The summed E-state index contributed by atoms with van der Waals surface area (Å²) < 4.78 is 5.09. The zero-order valence-corrected chi connectivity index (χ0v) is 21.2. The fourth-order valence-corrected chi connectivity index (χ4v) is 4.08. The highest BCUT2D eigenvalue weighted by molar-refractivity contribution is 5.92. The Hall–Kier alpha value is -2.67. The van der Waals surface area contributed by atoms with Gasteiger partial charge in [-0.3, -0.25) is 14.9 Å². The third-order valence-corrected chi connectivity index (χ3v) is 6.02. The molecule has 1 aromatic rings. The number of ether oxygens (including phenoxy) is 1. The molecule has 0 spiro atoms. The van der Waals surface area contributed by atoms with Gasteiger partial charge in [0, 0.05) is 19.2 Å². The molecule has 0 aliphatic carbocycles. The first-order valence-corrected chi connectivity index (χ1v) is 11.6. The van der Waals surface area contributed by atoms with Gasteiger partial charge in [0.2, 0.25) is 11.8 Å². The van der Waals surface area contributed by atoms with E-state index < -0.39 is 23.5 Å². The molecule has 0 saturated heterocycles. The molecule has 7 heteroatoms. The van der Waals surface area contributed by atoms with Gasteiger partial charge in [-0.05, 0) is 36.3 Å². The van der Waals surface area contributed by atoms with Crippen molar-refractivity contribution in [2.45, 2.75) is 73.1 Å². The van der Waals surface area contributed by atoms with Crippen molar-refractivity contribution in [3.63, 3.8) is 0 Å². The van der Waals surface area contributed by atoms with Gasteiger partial charge in [0.1, 0.15) is 12.1 Å². The molecular formula is C26H39N3O4. The van der Waals surface area contributed by atoms with Crippen LogP contribution in [-0.2, 0) is 25.7 Å². The molecule has 7 nitrogen and oxygen atoms in total. The lowest BCUT2D eigenvalue weighted by atomic mass is 9.84. The average Bonchev–Trinajstić information content (AvgIpc) is 3.18. The molecule has 1 heterocycles. The van der Waals surface area contributed by atoms with Crippen LogP contribution in [0.15, 0.2) is 35.9 Å². The quantitative estimate of drug-likeness (QED) is 0.462. The Kier molecular flexibility index (Phi) is 8.83. The number of likely N-dealkylation sites (N-methyl/N-ethyl adjacent to an activating group) is 1. The molecule has 0 aromatic heterocycles.